The van der Waals surface area contributed by atoms with E-state index in [0.717, 1.165) is 18.5 Å². The maximum Gasteiger partial charge on any atom is 0.0575 e. The first kappa shape index (κ1) is 14.0. The van der Waals surface area contributed by atoms with Gasteiger partial charge < -0.3 is 5.11 Å². The minimum absolute atomic E-state index is 0.0135. The fourth-order valence-corrected chi connectivity index (χ4v) is 1.91. The number of rotatable bonds is 7. The lowest BCUT2D eigenvalue weighted by molar-refractivity contribution is 0.0310. The number of aliphatic hydroxyl groups excluding tert-OH is 1. The lowest BCUT2D eigenvalue weighted by atomic mass is 9.86. The summed E-state index contributed by atoms with van der Waals surface area (Å²) in [6.07, 6.45) is 3.75. The second-order valence-corrected chi connectivity index (χ2v) is 6.55. The summed E-state index contributed by atoms with van der Waals surface area (Å²) >= 11 is 0. The Morgan fingerprint density at radius 3 is 2.19 bits per heavy atom. The number of nitrogens with zero attached hydrogens (tertiary/aromatic N) is 1. The predicted molar refractivity (Wildman–Crippen MR) is 69.5 cm³/mol. The summed E-state index contributed by atoms with van der Waals surface area (Å²) in [5, 5.41) is 9.78. The van der Waals surface area contributed by atoms with Gasteiger partial charge in [0, 0.05) is 18.0 Å². The second kappa shape index (κ2) is 5.50. The molecule has 1 N–H and O–H groups in total. The Kier molecular flexibility index (Phi) is 4.81. The predicted octanol–water partition coefficient (Wildman–Crippen LogP) is 2.90. The van der Waals surface area contributed by atoms with E-state index in [2.05, 4.69) is 32.6 Å². The highest BCUT2D eigenvalue weighted by atomic mass is 16.3. The van der Waals surface area contributed by atoms with Crippen molar-refractivity contribution >= 4 is 0 Å². The van der Waals surface area contributed by atoms with E-state index in [4.69, 9.17) is 0 Å². The third kappa shape index (κ3) is 4.42. The Morgan fingerprint density at radius 1 is 1.25 bits per heavy atom. The Bertz CT molecular complexity index is 207. The summed E-state index contributed by atoms with van der Waals surface area (Å²) < 4.78 is 0. The van der Waals surface area contributed by atoms with Gasteiger partial charge in [0.2, 0.25) is 0 Å². The van der Waals surface area contributed by atoms with Crippen LogP contribution < -0.4 is 0 Å². The van der Waals surface area contributed by atoms with Crippen molar-refractivity contribution in [3.8, 4) is 0 Å². The van der Waals surface area contributed by atoms with Crippen LogP contribution in [0, 0.1) is 11.3 Å². The minimum Gasteiger partial charge on any atom is -0.393 e. The van der Waals surface area contributed by atoms with Crippen LogP contribution in [0.1, 0.15) is 53.9 Å². The molecule has 1 unspecified atom stereocenters. The summed E-state index contributed by atoms with van der Waals surface area (Å²) in [5.41, 5.74) is 0.0135. The van der Waals surface area contributed by atoms with E-state index in [1.54, 1.807) is 0 Å². The van der Waals surface area contributed by atoms with Crippen LogP contribution in [0.5, 0.6) is 0 Å². The first-order valence-corrected chi connectivity index (χ1v) is 6.75. The maximum atomic E-state index is 9.78. The van der Waals surface area contributed by atoms with Gasteiger partial charge in [-0.25, -0.2) is 0 Å². The van der Waals surface area contributed by atoms with Crippen LogP contribution in [0.3, 0.4) is 0 Å². The number of hydrogen-bond donors (Lipinski definition) is 1. The van der Waals surface area contributed by atoms with E-state index in [0.29, 0.717) is 0 Å². The third-order valence-corrected chi connectivity index (χ3v) is 3.80. The molecule has 1 aliphatic carbocycles. The quantitative estimate of drug-likeness (QED) is 0.723. The largest absolute Gasteiger partial charge is 0.393 e. The summed E-state index contributed by atoms with van der Waals surface area (Å²) in [6.45, 7) is 13.0. The van der Waals surface area contributed by atoms with Gasteiger partial charge in [0.1, 0.15) is 0 Å². The van der Waals surface area contributed by atoms with E-state index < -0.39 is 0 Å². The fourth-order valence-electron chi connectivity index (χ4n) is 1.91. The monoisotopic (exact) mass is 227 g/mol. The summed E-state index contributed by atoms with van der Waals surface area (Å²) in [4.78, 5) is 2.59. The van der Waals surface area contributed by atoms with Crippen LogP contribution in [0.25, 0.3) is 0 Å². The standard InChI is InChI=1S/C14H29NO/c1-11(2)8-9-15(13-6-7-13)10-14(4,5)12(3)16/h11-13,16H,6-10H2,1-5H3. The average molecular weight is 227 g/mol. The Hall–Kier alpha value is -0.0800. The Balaban J connectivity index is 2.44. The van der Waals surface area contributed by atoms with Crippen molar-refractivity contribution in [3.05, 3.63) is 0 Å². The zero-order chi connectivity index (χ0) is 12.3. The van der Waals surface area contributed by atoms with Crippen molar-refractivity contribution in [1.29, 1.82) is 0 Å². The zero-order valence-electron chi connectivity index (χ0n) is 11.7. The molecule has 0 spiro atoms. The molecule has 0 bridgehead atoms. The first-order valence-electron chi connectivity index (χ1n) is 6.75. The van der Waals surface area contributed by atoms with Gasteiger partial charge in [0.25, 0.3) is 0 Å². The highest BCUT2D eigenvalue weighted by Gasteiger charge is 2.34. The van der Waals surface area contributed by atoms with Gasteiger partial charge in [0.15, 0.2) is 0 Å². The van der Waals surface area contributed by atoms with E-state index in [9.17, 15) is 5.11 Å². The molecule has 0 saturated heterocycles. The van der Waals surface area contributed by atoms with E-state index in [1.165, 1.54) is 25.8 Å². The molecule has 16 heavy (non-hydrogen) atoms. The smallest absolute Gasteiger partial charge is 0.0575 e. The van der Waals surface area contributed by atoms with E-state index >= 15 is 0 Å². The van der Waals surface area contributed by atoms with Gasteiger partial charge in [-0.3, -0.25) is 4.90 Å². The molecule has 0 aromatic carbocycles. The summed E-state index contributed by atoms with van der Waals surface area (Å²) in [6, 6.07) is 0.803. The molecule has 96 valence electrons. The lowest BCUT2D eigenvalue weighted by Gasteiger charge is -2.35. The van der Waals surface area contributed by atoms with Crippen molar-refractivity contribution in [3.63, 3.8) is 0 Å². The number of aliphatic hydroxyl groups is 1. The van der Waals surface area contributed by atoms with Gasteiger partial charge in [0.05, 0.1) is 6.10 Å². The molecule has 1 atom stereocenters. The lowest BCUT2D eigenvalue weighted by Crippen LogP contribution is -2.42. The average Bonchev–Trinajstić information content (AvgIpc) is 2.94. The SMILES string of the molecule is CC(C)CCN(CC(C)(C)C(C)O)C1CC1. The van der Waals surface area contributed by atoms with Crippen LogP contribution in [0.15, 0.2) is 0 Å². The highest BCUT2D eigenvalue weighted by molar-refractivity contribution is 4.89. The van der Waals surface area contributed by atoms with Gasteiger partial charge in [-0.2, -0.15) is 0 Å². The van der Waals surface area contributed by atoms with Crippen LogP contribution in [0.2, 0.25) is 0 Å². The number of hydrogen-bond acceptors (Lipinski definition) is 2. The second-order valence-electron chi connectivity index (χ2n) is 6.55. The molecule has 1 saturated carbocycles. The molecule has 0 radical (unpaired) electrons. The van der Waals surface area contributed by atoms with Gasteiger partial charge in [-0.05, 0) is 38.6 Å². The Morgan fingerprint density at radius 2 is 1.81 bits per heavy atom. The highest BCUT2D eigenvalue weighted by Crippen LogP contribution is 2.32. The molecular formula is C14H29NO. The molecule has 0 heterocycles. The van der Waals surface area contributed by atoms with E-state index in [1.807, 2.05) is 6.92 Å². The van der Waals surface area contributed by atoms with Crippen molar-refractivity contribution in [2.24, 2.45) is 11.3 Å². The molecule has 2 nitrogen and oxygen atoms in total. The summed E-state index contributed by atoms with van der Waals surface area (Å²) in [7, 11) is 0. The van der Waals surface area contributed by atoms with Crippen molar-refractivity contribution in [1.82, 2.24) is 4.90 Å². The normalized spacial score (nSPS) is 19.5. The maximum absolute atomic E-state index is 9.78. The molecule has 0 aromatic heterocycles. The zero-order valence-corrected chi connectivity index (χ0v) is 11.7. The van der Waals surface area contributed by atoms with Crippen LogP contribution in [-0.4, -0.2) is 35.2 Å². The van der Waals surface area contributed by atoms with Crippen molar-refractivity contribution in [2.75, 3.05) is 13.1 Å². The van der Waals surface area contributed by atoms with Crippen LogP contribution in [-0.2, 0) is 0 Å². The molecule has 0 aliphatic heterocycles. The molecule has 1 aliphatic rings. The van der Waals surface area contributed by atoms with Gasteiger partial charge in [-0.1, -0.05) is 27.7 Å². The summed E-state index contributed by atoms with van der Waals surface area (Å²) in [5.74, 6) is 0.774. The molecular weight excluding hydrogens is 198 g/mol. The van der Waals surface area contributed by atoms with Gasteiger partial charge in [-0.15, -0.1) is 0 Å². The Labute approximate surface area is 101 Å². The topological polar surface area (TPSA) is 23.5 Å². The third-order valence-electron chi connectivity index (χ3n) is 3.80. The van der Waals surface area contributed by atoms with Crippen molar-refractivity contribution in [2.45, 2.75) is 66.0 Å². The van der Waals surface area contributed by atoms with Crippen LogP contribution in [0.4, 0.5) is 0 Å². The molecule has 1 rings (SSSR count). The minimum atomic E-state index is -0.229. The molecule has 1 fully saturated rings. The molecule has 0 amide bonds. The van der Waals surface area contributed by atoms with Crippen LogP contribution >= 0.6 is 0 Å². The first-order chi connectivity index (χ1) is 7.33. The van der Waals surface area contributed by atoms with Crippen molar-refractivity contribution < 1.29 is 5.11 Å². The van der Waals surface area contributed by atoms with E-state index in [-0.39, 0.29) is 11.5 Å². The fraction of sp³-hybridized carbons (Fsp3) is 1.00. The molecule has 0 aromatic rings. The molecule has 2 heteroatoms. The van der Waals surface area contributed by atoms with Gasteiger partial charge >= 0.3 is 0 Å².